The van der Waals surface area contributed by atoms with Crippen LogP contribution in [0.2, 0.25) is 0 Å². The van der Waals surface area contributed by atoms with Crippen LogP contribution in [0.1, 0.15) is 74.9 Å². The molecule has 0 amide bonds. The Balaban J connectivity index is 0.979. The van der Waals surface area contributed by atoms with Crippen LogP contribution in [0.15, 0.2) is 200 Å². The minimum atomic E-state index is -0.202. The van der Waals surface area contributed by atoms with E-state index in [2.05, 4.69) is 255 Å². The molecular weight excluding hydrogens is 923 g/mol. The van der Waals surface area contributed by atoms with E-state index in [1.54, 1.807) is 0 Å². The molecule has 3 aliphatic rings. The molecule has 0 unspecified atom stereocenters. The maximum atomic E-state index is 6.00. The lowest BCUT2D eigenvalue weighted by atomic mass is 9.82. The Morgan fingerprint density at radius 3 is 1.03 bits per heavy atom. The molecule has 0 atom stereocenters. The largest absolute Gasteiger partial charge is 0.309 e. The van der Waals surface area contributed by atoms with Gasteiger partial charge in [0.25, 0.3) is 0 Å². The van der Waals surface area contributed by atoms with Gasteiger partial charge in [0.2, 0.25) is 0 Å². The number of rotatable bonds is 3. The van der Waals surface area contributed by atoms with Gasteiger partial charge in [0.05, 0.1) is 44.1 Å². The zero-order valence-electron chi connectivity index (χ0n) is 43.3. The van der Waals surface area contributed by atoms with Crippen molar-refractivity contribution in [2.45, 2.75) is 57.8 Å². The molecule has 3 aliphatic carbocycles. The van der Waals surface area contributed by atoms with E-state index in [1.807, 2.05) is 0 Å². The molecule has 0 N–H and O–H groups in total. The quantitative estimate of drug-likeness (QED) is 0.177. The van der Waals surface area contributed by atoms with E-state index in [1.165, 1.54) is 110 Å². The maximum Gasteiger partial charge on any atom is 0.182 e. The van der Waals surface area contributed by atoms with Gasteiger partial charge in [0, 0.05) is 54.2 Å². The smallest absolute Gasteiger partial charge is 0.182 e. The van der Waals surface area contributed by atoms with E-state index in [4.69, 9.17) is 9.97 Å². The summed E-state index contributed by atoms with van der Waals surface area (Å²) in [7, 11) is 0. The number of hydrogen-bond donors (Lipinski definition) is 0. The van der Waals surface area contributed by atoms with E-state index in [0.717, 1.165) is 50.4 Å². The van der Waals surface area contributed by atoms with Gasteiger partial charge >= 0.3 is 0 Å². The highest BCUT2D eigenvalue weighted by molar-refractivity contribution is 6.15. The number of nitrogens with zero attached hydrogens (tertiary/aromatic N) is 5. The highest BCUT2D eigenvalue weighted by Gasteiger charge is 2.39. The van der Waals surface area contributed by atoms with Crippen LogP contribution in [0.4, 0.5) is 0 Å². The van der Waals surface area contributed by atoms with Gasteiger partial charge in [-0.3, -0.25) is 9.13 Å². The first-order valence-corrected chi connectivity index (χ1v) is 26.8. The normalized spacial score (nSPS) is 15.3. The zero-order valence-corrected chi connectivity index (χ0v) is 43.3. The van der Waals surface area contributed by atoms with Gasteiger partial charge in [-0.2, -0.15) is 0 Å². The molecule has 10 aromatic carbocycles. The standard InChI is InChI=1S/C71H51N5/c1-69(2)53-25-13-7-19-41(53)47-34-50-44-22-10-16-28-61(44)74(64(50)37-56(47)69)40-31-32-59-60(33-40)73-68(76-63-30-18-12-24-46(63)52-36-49-43-21-9-15-27-55(43)71(5,6)58(49)39-66(52)76)67(72-59)75-62-29-17-11-23-45(62)51-35-48-42-20-8-14-26-54(42)70(3,4)57(48)38-65(51)75/h7-39H,1-6H3. The first-order valence-electron chi connectivity index (χ1n) is 26.8. The monoisotopic (exact) mass is 973 g/mol. The first-order chi connectivity index (χ1) is 37.0. The molecule has 0 aliphatic heterocycles. The van der Waals surface area contributed by atoms with E-state index in [0.29, 0.717) is 0 Å². The summed E-state index contributed by atoms with van der Waals surface area (Å²) in [5.74, 6) is 1.58. The second-order valence-corrected chi connectivity index (χ2v) is 23.4. The Labute approximate surface area is 440 Å². The average Bonchev–Trinajstić information content (AvgIpc) is 4.24. The van der Waals surface area contributed by atoms with E-state index < -0.39 is 0 Å². The maximum absolute atomic E-state index is 6.00. The fraction of sp³-hybridized carbons (Fsp3) is 0.127. The van der Waals surface area contributed by atoms with Crippen molar-refractivity contribution < 1.29 is 0 Å². The van der Waals surface area contributed by atoms with Crippen molar-refractivity contribution in [3.63, 3.8) is 0 Å². The SMILES string of the molecule is CC1(C)c2ccccc2-c2cc3c4ccccc4n(-c4ccc5nc(-n6c7ccccc7c7cc8c(cc76)C(C)(C)c6ccccc6-8)c(-n6c7ccccc7c7cc8c(cc76)C(C)(C)c6ccccc6-8)nc5c4)c3cc21. The lowest BCUT2D eigenvalue weighted by molar-refractivity contribution is 0.660. The van der Waals surface area contributed by atoms with Crippen LogP contribution >= 0.6 is 0 Å². The molecule has 0 fully saturated rings. The van der Waals surface area contributed by atoms with Gasteiger partial charge in [-0.05, 0) is 140 Å². The van der Waals surface area contributed by atoms with E-state index >= 15 is 0 Å². The molecule has 4 aromatic heterocycles. The van der Waals surface area contributed by atoms with Gasteiger partial charge in [0.15, 0.2) is 11.6 Å². The third-order valence-electron chi connectivity index (χ3n) is 18.4. The molecule has 5 heteroatoms. The van der Waals surface area contributed by atoms with E-state index in [9.17, 15) is 0 Å². The minimum absolute atomic E-state index is 0.144. The topological polar surface area (TPSA) is 40.6 Å². The van der Waals surface area contributed by atoms with E-state index in [-0.39, 0.29) is 16.2 Å². The molecule has 0 bridgehead atoms. The number of para-hydroxylation sites is 3. The fourth-order valence-electron chi connectivity index (χ4n) is 14.7. The van der Waals surface area contributed by atoms with Gasteiger partial charge in [-0.25, -0.2) is 9.97 Å². The van der Waals surface area contributed by atoms with Gasteiger partial charge in [0.1, 0.15) is 0 Å². The van der Waals surface area contributed by atoms with Crippen LogP contribution < -0.4 is 0 Å². The van der Waals surface area contributed by atoms with Crippen molar-refractivity contribution >= 4 is 76.5 Å². The van der Waals surface area contributed by atoms with Gasteiger partial charge in [-0.1, -0.05) is 169 Å². The first kappa shape index (κ1) is 42.3. The number of benzene rings is 10. The third-order valence-corrected chi connectivity index (χ3v) is 18.4. The molecule has 14 aromatic rings. The number of fused-ring (bicyclic) bond motifs is 19. The zero-order chi connectivity index (χ0) is 50.7. The molecule has 360 valence electrons. The van der Waals surface area contributed by atoms with Gasteiger partial charge in [-0.15, -0.1) is 0 Å². The number of aromatic nitrogens is 5. The van der Waals surface area contributed by atoms with Crippen molar-refractivity contribution in [1.29, 1.82) is 0 Å². The van der Waals surface area contributed by atoms with Crippen LogP contribution in [0.3, 0.4) is 0 Å². The predicted molar refractivity (Wildman–Crippen MR) is 315 cm³/mol. The summed E-state index contributed by atoms with van der Waals surface area (Å²) in [4.78, 5) is 11.9. The molecule has 0 spiro atoms. The second kappa shape index (κ2) is 14.2. The summed E-state index contributed by atoms with van der Waals surface area (Å²) >= 11 is 0. The molecule has 0 saturated carbocycles. The van der Waals surface area contributed by atoms with Crippen LogP contribution in [0.25, 0.3) is 127 Å². The lowest BCUT2D eigenvalue weighted by Crippen LogP contribution is -2.15. The molecule has 76 heavy (non-hydrogen) atoms. The lowest BCUT2D eigenvalue weighted by Gasteiger charge is -2.22. The summed E-state index contributed by atoms with van der Waals surface area (Å²) < 4.78 is 7.30. The summed E-state index contributed by atoms with van der Waals surface area (Å²) in [6.45, 7) is 14.2. The Hall–Kier alpha value is -9.06. The van der Waals surface area contributed by atoms with Crippen molar-refractivity contribution in [3.05, 3.63) is 234 Å². The van der Waals surface area contributed by atoms with Crippen LogP contribution in [-0.2, 0) is 16.2 Å². The summed E-state index contributed by atoms with van der Waals surface area (Å²) in [5, 5.41) is 7.26. The Kier molecular flexibility index (Phi) is 7.91. The van der Waals surface area contributed by atoms with Crippen LogP contribution in [0.5, 0.6) is 0 Å². The second-order valence-electron chi connectivity index (χ2n) is 23.4. The molecular formula is C71H51N5. The molecule has 0 radical (unpaired) electrons. The van der Waals surface area contributed by atoms with Crippen molar-refractivity contribution in [2.75, 3.05) is 0 Å². The Bertz CT molecular complexity index is 4970. The fourth-order valence-corrected chi connectivity index (χ4v) is 14.7. The Morgan fingerprint density at radius 2 is 0.605 bits per heavy atom. The summed E-state index contributed by atoms with van der Waals surface area (Å²) in [6.07, 6.45) is 0. The van der Waals surface area contributed by atoms with Crippen LogP contribution in [-0.4, -0.2) is 23.7 Å². The average molecular weight is 974 g/mol. The predicted octanol–water partition coefficient (Wildman–Crippen LogP) is 17.8. The molecule has 4 heterocycles. The van der Waals surface area contributed by atoms with Gasteiger partial charge < -0.3 is 4.57 Å². The summed E-state index contributed by atoms with van der Waals surface area (Å²) in [5.41, 5.74) is 24.9. The highest BCUT2D eigenvalue weighted by atomic mass is 15.2. The Morgan fingerprint density at radius 1 is 0.263 bits per heavy atom. The summed E-state index contributed by atoms with van der Waals surface area (Å²) in [6, 6.07) is 74.9. The molecule has 17 rings (SSSR count). The van der Waals surface area contributed by atoms with Crippen LogP contribution in [0, 0.1) is 0 Å². The minimum Gasteiger partial charge on any atom is -0.309 e. The highest BCUT2D eigenvalue weighted by Crippen LogP contribution is 2.54. The molecule has 0 saturated heterocycles. The third kappa shape index (κ3) is 5.20. The van der Waals surface area contributed by atoms with Crippen molar-refractivity contribution in [2.24, 2.45) is 0 Å². The number of hydrogen-bond acceptors (Lipinski definition) is 2. The molecule has 5 nitrogen and oxygen atoms in total. The van der Waals surface area contributed by atoms with Crippen molar-refractivity contribution in [1.82, 2.24) is 23.7 Å². The van der Waals surface area contributed by atoms with Crippen molar-refractivity contribution in [3.8, 4) is 50.7 Å².